The summed E-state index contributed by atoms with van der Waals surface area (Å²) in [5.41, 5.74) is 0.863. The van der Waals surface area contributed by atoms with Gasteiger partial charge in [0.15, 0.2) is 12.4 Å². The highest BCUT2D eigenvalue weighted by Crippen LogP contribution is 2.33. The first-order valence-corrected chi connectivity index (χ1v) is 16.4. The number of carbonyl (C=O) groups is 3. The van der Waals surface area contributed by atoms with Gasteiger partial charge in [0.25, 0.3) is 21.8 Å². The maximum Gasteiger partial charge on any atom is 0.435 e. The number of imide groups is 1. The summed E-state index contributed by atoms with van der Waals surface area (Å²) in [7, 11) is -4.48. The molecule has 3 amide bonds. The first-order valence-electron chi connectivity index (χ1n) is 14.9. The largest absolute Gasteiger partial charge is 0.447 e. The Hall–Kier alpha value is -5.14. The lowest BCUT2D eigenvalue weighted by Crippen LogP contribution is -2.48. The number of benzene rings is 3. The summed E-state index contributed by atoms with van der Waals surface area (Å²) in [6, 6.07) is 18.0. The molecule has 50 heavy (non-hydrogen) atoms. The average Bonchev–Trinajstić information content (AvgIpc) is 3.62. The van der Waals surface area contributed by atoms with Crippen molar-refractivity contribution in [1.29, 1.82) is 0 Å². The molecule has 3 aromatic carbocycles. The fourth-order valence-corrected chi connectivity index (χ4v) is 5.81. The SMILES string of the molecule is Cc1ccc(-c2cc(C(F)(F)F)nn2-c2ccc(S(=O)(=O)NC(=O)OCCN(C(C)C)N(O)OCN3C(=O)c4ccccc4C3=O)cc2)cc1. The number of rotatable bonds is 12. The lowest BCUT2D eigenvalue weighted by molar-refractivity contribution is -0.453. The average molecular weight is 717 g/mol. The fourth-order valence-electron chi connectivity index (χ4n) is 4.92. The van der Waals surface area contributed by atoms with Gasteiger partial charge < -0.3 is 4.74 Å². The van der Waals surface area contributed by atoms with E-state index in [2.05, 4.69) is 5.10 Å². The van der Waals surface area contributed by atoms with Crippen LogP contribution in [0, 0.1) is 6.92 Å². The van der Waals surface area contributed by atoms with Crippen LogP contribution < -0.4 is 4.72 Å². The molecule has 1 aliphatic rings. The van der Waals surface area contributed by atoms with E-state index < -0.39 is 59.2 Å². The number of ether oxygens (including phenoxy) is 1. The van der Waals surface area contributed by atoms with Crippen LogP contribution >= 0.6 is 0 Å². The number of fused-ring (bicyclic) bond motifs is 1. The van der Waals surface area contributed by atoms with Gasteiger partial charge in [-0.05, 0) is 63.2 Å². The van der Waals surface area contributed by atoms with Crippen LogP contribution in [0.4, 0.5) is 18.0 Å². The third kappa shape index (κ3) is 7.84. The van der Waals surface area contributed by atoms with Crippen molar-refractivity contribution in [3.63, 3.8) is 0 Å². The van der Waals surface area contributed by atoms with Crippen molar-refractivity contribution >= 4 is 27.9 Å². The summed E-state index contributed by atoms with van der Waals surface area (Å²) in [6.07, 6.45) is -6.08. The molecular weight excluding hydrogens is 685 g/mol. The molecule has 0 fully saturated rings. The number of hydrazine groups is 1. The van der Waals surface area contributed by atoms with E-state index in [1.54, 1.807) is 55.0 Å². The Morgan fingerprint density at radius 2 is 1.58 bits per heavy atom. The third-order valence-electron chi connectivity index (χ3n) is 7.51. The van der Waals surface area contributed by atoms with Crippen LogP contribution in [0.1, 0.15) is 45.8 Å². The Labute approximate surface area is 284 Å². The molecule has 0 spiro atoms. The van der Waals surface area contributed by atoms with Gasteiger partial charge in [-0.15, -0.1) is 0 Å². The van der Waals surface area contributed by atoms with Crippen molar-refractivity contribution in [1.82, 2.24) is 29.7 Å². The zero-order valence-electron chi connectivity index (χ0n) is 26.8. The van der Waals surface area contributed by atoms with Crippen molar-refractivity contribution in [2.45, 2.75) is 37.9 Å². The summed E-state index contributed by atoms with van der Waals surface area (Å²) in [4.78, 5) is 43.1. The second-order valence-electron chi connectivity index (χ2n) is 11.3. The molecule has 2 heterocycles. The van der Waals surface area contributed by atoms with Crippen LogP contribution in [-0.2, 0) is 25.8 Å². The van der Waals surface area contributed by atoms with Gasteiger partial charge in [-0.1, -0.05) is 42.0 Å². The van der Waals surface area contributed by atoms with Crippen molar-refractivity contribution in [2.24, 2.45) is 0 Å². The number of halogens is 3. The van der Waals surface area contributed by atoms with Crippen molar-refractivity contribution in [3.8, 4) is 16.9 Å². The van der Waals surface area contributed by atoms with Gasteiger partial charge in [0.1, 0.15) is 6.61 Å². The number of hydrogen-bond acceptors (Lipinski definition) is 11. The molecule has 18 heteroatoms. The van der Waals surface area contributed by atoms with E-state index >= 15 is 0 Å². The highest BCUT2D eigenvalue weighted by Gasteiger charge is 2.37. The molecule has 1 aromatic heterocycles. The minimum absolute atomic E-state index is 0.125. The Bertz CT molecular complexity index is 1970. The Kier molecular flexibility index (Phi) is 10.4. The minimum atomic E-state index is -4.73. The first-order chi connectivity index (χ1) is 23.6. The lowest BCUT2D eigenvalue weighted by Gasteiger charge is -2.32. The minimum Gasteiger partial charge on any atom is -0.447 e. The summed E-state index contributed by atoms with van der Waals surface area (Å²) in [6.45, 7) is 3.87. The maximum absolute atomic E-state index is 13.5. The quantitative estimate of drug-likeness (QED) is 0.153. The standard InChI is InChI=1S/C32H31F3N6O8S/c1-20(2)39(41(45)49-19-38-29(42)25-6-4-5-7-26(25)30(38)43)16-17-48-31(44)37-50(46,47)24-14-12-23(13-15-24)40-27(18-28(36-40)32(33,34)35)22-10-8-21(3)9-11-22/h4-15,18,20,45H,16-17,19H2,1-3H3,(H,37,44). The van der Waals surface area contributed by atoms with E-state index in [0.29, 0.717) is 5.56 Å². The lowest BCUT2D eigenvalue weighted by atomic mass is 10.1. The zero-order valence-corrected chi connectivity index (χ0v) is 27.6. The number of nitrogens with one attached hydrogen (secondary N) is 1. The van der Waals surface area contributed by atoms with Gasteiger partial charge in [0, 0.05) is 16.9 Å². The predicted molar refractivity (Wildman–Crippen MR) is 169 cm³/mol. The van der Waals surface area contributed by atoms with E-state index in [1.165, 1.54) is 29.3 Å². The number of amides is 3. The summed E-state index contributed by atoms with van der Waals surface area (Å²) < 4.78 is 74.1. The molecule has 2 N–H and O–H groups in total. The fraction of sp³-hybridized carbons (Fsp3) is 0.250. The summed E-state index contributed by atoms with van der Waals surface area (Å²) >= 11 is 0. The number of aromatic nitrogens is 2. The first kappa shape index (κ1) is 36.1. The van der Waals surface area contributed by atoms with Gasteiger partial charge >= 0.3 is 12.3 Å². The number of aryl methyl sites for hydroxylation is 1. The van der Waals surface area contributed by atoms with Crippen LogP contribution in [-0.4, -0.2) is 82.5 Å². The molecule has 0 radical (unpaired) electrons. The van der Waals surface area contributed by atoms with Gasteiger partial charge in [0.05, 0.1) is 33.9 Å². The second kappa shape index (κ2) is 14.4. The molecule has 1 aliphatic heterocycles. The van der Waals surface area contributed by atoms with E-state index in [0.717, 1.165) is 33.3 Å². The van der Waals surface area contributed by atoms with Gasteiger partial charge in [-0.2, -0.15) is 23.3 Å². The van der Waals surface area contributed by atoms with Crippen LogP contribution in [0.5, 0.6) is 0 Å². The van der Waals surface area contributed by atoms with Crippen molar-refractivity contribution in [3.05, 3.63) is 101 Å². The highest BCUT2D eigenvalue weighted by atomic mass is 32.2. The normalized spacial score (nSPS) is 13.4. The predicted octanol–water partition coefficient (Wildman–Crippen LogP) is 4.78. The number of sulfonamides is 1. The van der Waals surface area contributed by atoms with E-state index in [1.807, 2.05) is 6.92 Å². The molecule has 0 atom stereocenters. The number of carbonyl (C=O) groups excluding carboxylic acids is 3. The molecule has 0 bridgehead atoms. The summed E-state index contributed by atoms with van der Waals surface area (Å²) in [5, 5.41) is 15.6. The van der Waals surface area contributed by atoms with Crippen molar-refractivity contribution < 1.29 is 50.8 Å². The molecule has 0 saturated heterocycles. The monoisotopic (exact) mass is 716 g/mol. The van der Waals surface area contributed by atoms with Gasteiger partial charge in [0.2, 0.25) is 0 Å². The smallest absolute Gasteiger partial charge is 0.435 e. The van der Waals surface area contributed by atoms with Crippen molar-refractivity contribution in [2.75, 3.05) is 19.9 Å². The highest BCUT2D eigenvalue weighted by molar-refractivity contribution is 7.90. The Morgan fingerprint density at radius 1 is 0.980 bits per heavy atom. The van der Waals surface area contributed by atoms with E-state index in [4.69, 9.17) is 9.57 Å². The van der Waals surface area contributed by atoms with Crippen LogP contribution in [0.2, 0.25) is 0 Å². The number of nitrogens with zero attached hydrogens (tertiary/aromatic N) is 5. The molecule has 4 aromatic rings. The third-order valence-corrected chi connectivity index (χ3v) is 8.83. The van der Waals surface area contributed by atoms with Crippen LogP contribution in [0.3, 0.4) is 0 Å². The molecular formula is C32H31F3N6O8S. The summed E-state index contributed by atoms with van der Waals surface area (Å²) in [5.74, 6) is -1.20. The van der Waals surface area contributed by atoms with Gasteiger partial charge in [-0.3, -0.25) is 14.8 Å². The maximum atomic E-state index is 13.5. The van der Waals surface area contributed by atoms with Gasteiger partial charge in [-0.25, -0.2) is 32.4 Å². The molecule has 0 unspecified atom stereocenters. The molecule has 0 saturated carbocycles. The Balaban J connectivity index is 1.18. The molecule has 5 rings (SSSR count). The molecule has 264 valence electrons. The zero-order chi connectivity index (χ0) is 36.4. The number of alkyl halides is 3. The van der Waals surface area contributed by atoms with E-state index in [9.17, 15) is 41.2 Å². The topological polar surface area (TPSA) is 164 Å². The van der Waals surface area contributed by atoms with E-state index in [-0.39, 0.29) is 39.3 Å². The molecule has 14 nitrogen and oxygen atoms in total. The molecule has 0 aliphatic carbocycles. The second-order valence-corrected chi connectivity index (χ2v) is 13.0. The van der Waals surface area contributed by atoms with Crippen LogP contribution in [0.25, 0.3) is 16.9 Å². The van der Waals surface area contributed by atoms with Crippen LogP contribution in [0.15, 0.2) is 83.8 Å². The number of hydrogen-bond donors (Lipinski definition) is 2. The Morgan fingerprint density at radius 3 is 2.14 bits per heavy atom.